The fourth-order valence-corrected chi connectivity index (χ4v) is 1.02. The Labute approximate surface area is 89.1 Å². The fraction of sp³-hybridized carbons (Fsp3) is 0.300. The Morgan fingerprint density at radius 1 is 1.29 bits per heavy atom. The van der Waals surface area contributed by atoms with Gasteiger partial charge in [0.2, 0.25) is 0 Å². The lowest BCUT2D eigenvalue weighted by Crippen LogP contribution is -2.02. The predicted molar refractivity (Wildman–Crippen MR) is 56.4 cm³/mol. The number of carbonyl (C=O) groups is 1. The first-order chi connectivity index (χ1) is 6.09. The zero-order valence-corrected chi connectivity index (χ0v) is 8.88. The highest BCUT2D eigenvalue weighted by Crippen LogP contribution is 2.18. The third kappa shape index (κ3) is 3.66. The van der Waals surface area contributed by atoms with E-state index in [9.17, 15) is 4.79 Å². The zero-order chi connectivity index (χ0) is 9.84. The van der Waals surface area contributed by atoms with Crippen LogP contribution in [-0.4, -0.2) is 11.3 Å². The molecule has 0 aliphatic heterocycles. The molecule has 0 amide bonds. The van der Waals surface area contributed by atoms with E-state index in [-0.39, 0.29) is 12.4 Å². The van der Waals surface area contributed by atoms with Crippen LogP contribution in [0, 0.1) is 0 Å². The van der Waals surface area contributed by atoms with Gasteiger partial charge < -0.3 is 9.84 Å². The summed E-state index contributed by atoms with van der Waals surface area (Å²) >= 11 is 0. The van der Waals surface area contributed by atoms with Crippen molar-refractivity contribution in [2.75, 3.05) is 0 Å². The van der Waals surface area contributed by atoms with Gasteiger partial charge in [0.1, 0.15) is 5.75 Å². The maximum absolute atomic E-state index is 10.2. The van der Waals surface area contributed by atoms with Gasteiger partial charge in [0.25, 0.3) is 0 Å². The lowest BCUT2D eigenvalue weighted by atomic mass is 10.0. The number of halogens is 1. The van der Waals surface area contributed by atoms with Gasteiger partial charge in [0.05, 0.1) is 0 Å². The Hall–Kier alpha value is -1.22. The number of ether oxygens (including phenoxy) is 1. The third-order valence-electron chi connectivity index (χ3n) is 1.75. The lowest BCUT2D eigenvalue weighted by molar-refractivity contribution is 0.144. The highest BCUT2D eigenvalue weighted by atomic mass is 35.5. The van der Waals surface area contributed by atoms with E-state index in [0.717, 1.165) is 5.56 Å². The van der Waals surface area contributed by atoms with Crippen molar-refractivity contribution in [2.45, 2.75) is 19.8 Å². The number of hydrogen-bond acceptors (Lipinski definition) is 2. The Morgan fingerprint density at radius 3 is 2.14 bits per heavy atom. The molecule has 0 saturated carbocycles. The average molecular weight is 217 g/mol. The molecule has 0 aliphatic carbocycles. The summed E-state index contributed by atoms with van der Waals surface area (Å²) in [5, 5.41) is 8.32. The van der Waals surface area contributed by atoms with E-state index in [2.05, 4.69) is 18.6 Å². The summed E-state index contributed by atoms with van der Waals surface area (Å²) in [4.78, 5) is 10.2. The van der Waals surface area contributed by atoms with Crippen LogP contribution in [0.4, 0.5) is 4.79 Å². The predicted octanol–water partition coefficient (Wildman–Crippen LogP) is 3.29. The molecule has 14 heavy (non-hydrogen) atoms. The molecule has 1 N–H and O–H groups in total. The molecule has 1 aromatic rings. The van der Waals surface area contributed by atoms with Crippen LogP contribution in [0.2, 0.25) is 0 Å². The summed E-state index contributed by atoms with van der Waals surface area (Å²) in [6, 6.07) is 7.04. The van der Waals surface area contributed by atoms with Crippen LogP contribution in [0.15, 0.2) is 24.3 Å². The molecule has 0 aliphatic rings. The molecule has 0 unspecified atom stereocenters. The van der Waals surface area contributed by atoms with Crippen LogP contribution in [-0.2, 0) is 0 Å². The van der Waals surface area contributed by atoms with Gasteiger partial charge in [0.15, 0.2) is 0 Å². The van der Waals surface area contributed by atoms with Crippen molar-refractivity contribution in [2.24, 2.45) is 0 Å². The Bertz CT molecular complexity index is 293. The van der Waals surface area contributed by atoms with Crippen molar-refractivity contribution in [1.29, 1.82) is 0 Å². The summed E-state index contributed by atoms with van der Waals surface area (Å²) in [6.07, 6.45) is -1.28. The van der Waals surface area contributed by atoms with Gasteiger partial charge in [-0.2, -0.15) is 0 Å². The normalized spacial score (nSPS) is 9.36. The monoisotopic (exact) mass is 216 g/mol. The molecule has 0 spiro atoms. The van der Waals surface area contributed by atoms with Crippen LogP contribution < -0.4 is 4.74 Å². The fourth-order valence-electron chi connectivity index (χ4n) is 1.02. The minimum atomic E-state index is -1.28. The van der Waals surface area contributed by atoms with Gasteiger partial charge in [-0.3, -0.25) is 0 Å². The van der Waals surface area contributed by atoms with Crippen LogP contribution in [0.25, 0.3) is 0 Å². The molecule has 0 fully saturated rings. The molecule has 1 aromatic carbocycles. The zero-order valence-electron chi connectivity index (χ0n) is 8.06. The van der Waals surface area contributed by atoms with E-state index in [1.54, 1.807) is 12.1 Å². The number of hydrogen-bond donors (Lipinski definition) is 1. The van der Waals surface area contributed by atoms with Crippen molar-refractivity contribution >= 4 is 18.6 Å². The van der Waals surface area contributed by atoms with Crippen LogP contribution in [0.1, 0.15) is 25.3 Å². The Kier molecular flexibility index (Phi) is 5.02. The molecule has 0 atom stereocenters. The second kappa shape index (κ2) is 5.50. The number of benzene rings is 1. The van der Waals surface area contributed by atoms with Gasteiger partial charge in [0, 0.05) is 0 Å². The summed E-state index contributed by atoms with van der Waals surface area (Å²) < 4.78 is 4.47. The first-order valence-electron chi connectivity index (χ1n) is 4.10. The van der Waals surface area contributed by atoms with Crippen molar-refractivity contribution in [3.05, 3.63) is 29.8 Å². The van der Waals surface area contributed by atoms with Gasteiger partial charge in [-0.1, -0.05) is 26.0 Å². The standard InChI is InChI=1S/C10H12O3.ClH/c1-7(2)8-3-5-9(6-4-8)13-10(11)12;/h3-7H,1-2H3,(H,11,12);1H. The van der Waals surface area contributed by atoms with Gasteiger partial charge >= 0.3 is 6.16 Å². The minimum Gasteiger partial charge on any atom is -0.449 e. The van der Waals surface area contributed by atoms with E-state index < -0.39 is 6.16 Å². The average Bonchev–Trinajstić information content (AvgIpc) is 2.04. The first kappa shape index (κ1) is 12.8. The van der Waals surface area contributed by atoms with Gasteiger partial charge in [-0.25, -0.2) is 4.79 Å². The molecular formula is C10H13ClO3. The third-order valence-corrected chi connectivity index (χ3v) is 1.75. The van der Waals surface area contributed by atoms with E-state index >= 15 is 0 Å². The lowest BCUT2D eigenvalue weighted by Gasteiger charge is -2.05. The number of rotatable bonds is 2. The van der Waals surface area contributed by atoms with E-state index in [1.807, 2.05) is 12.1 Å². The largest absolute Gasteiger partial charge is 0.511 e. The molecule has 4 heteroatoms. The molecule has 0 heterocycles. The molecule has 0 aromatic heterocycles. The van der Waals surface area contributed by atoms with Crippen molar-refractivity contribution < 1.29 is 14.6 Å². The number of carboxylic acid groups (broad SMARTS) is 1. The van der Waals surface area contributed by atoms with E-state index in [4.69, 9.17) is 5.11 Å². The molecule has 0 saturated heterocycles. The molecule has 0 radical (unpaired) electrons. The maximum atomic E-state index is 10.2. The summed E-state index contributed by atoms with van der Waals surface area (Å²) in [5.41, 5.74) is 1.16. The molecule has 3 nitrogen and oxygen atoms in total. The van der Waals surface area contributed by atoms with Gasteiger partial charge in [-0.05, 0) is 23.6 Å². The van der Waals surface area contributed by atoms with E-state index in [1.165, 1.54) is 0 Å². The Morgan fingerprint density at radius 2 is 1.79 bits per heavy atom. The topological polar surface area (TPSA) is 46.5 Å². The maximum Gasteiger partial charge on any atom is 0.511 e. The molecule has 1 rings (SSSR count). The highest BCUT2D eigenvalue weighted by Gasteiger charge is 2.02. The second-order valence-electron chi connectivity index (χ2n) is 3.09. The quantitative estimate of drug-likeness (QED) is 0.610. The van der Waals surface area contributed by atoms with Crippen molar-refractivity contribution in [1.82, 2.24) is 0 Å². The van der Waals surface area contributed by atoms with Crippen molar-refractivity contribution in [3.63, 3.8) is 0 Å². The summed E-state index contributed by atoms with van der Waals surface area (Å²) in [5.74, 6) is 0.802. The second-order valence-corrected chi connectivity index (χ2v) is 3.09. The summed E-state index contributed by atoms with van der Waals surface area (Å²) in [7, 11) is 0. The summed E-state index contributed by atoms with van der Waals surface area (Å²) in [6.45, 7) is 4.15. The smallest absolute Gasteiger partial charge is 0.449 e. The molecular weight excluding hydrogens is 204 g/mol. The van der Waals surface area contributed by atoms with Gasteiger partial charge in [-0.15, -0.1) is 12.4 Å². The first-order valence-corrected chi connectivity index (χ1v) is 4.10. The van der Waals surface area contributed by atoms with Crippen molar-refractivity contribution in [3.8, 4) is 5.75 Å². The molecule has 78 valence electrons. The van der Waals surface area contributed by atoms with Crippen LogP contribution in [0.5, 0.6) is 5.75 Å². The van der Waals surface area contributed by atoms with Crippen LogP contribution in [0.3, 0.4) is 0 Å². The Balaban J connectivity index is 0.00000169. The molecule has 0 bridgehead atoms. The van der Waals surface area contributed by atoms with Crippen LogP contribution >= 0.6 is 12.4 Å². The minimum absolute atomic E-state index is 0. The SMILES string of the molecule is CC(C)c1ccc(OC(=O)O)cc1.Cl. The highest BCUT2D eigenvalue weighted by molar-refractivity contribution is 5.85. The van der Waals surface area contributed by atoms with E-state index in [0.29, 0.717) is 11.7 Å².